The Morgan fingerprint density at radius 1 is 1.10 bits per heavy atom. The predicted octanol–water partition coefficient (Wildman–Crippen LogP) is 4.51. The SMILES string of the molecule is CCCCCn1nc(C(=O)Nc2cc(OC)c(Cl)cc2OC)c2ccccc2c1=O. The lowest BCUT2D eigenvalue weighted by Gasteiger charge is -2.14. The molecule has 1 heterocycles. The highest BCUT2D eigenvalue weighted by Gasteiger charge is 2.19. The topological polar surface area (TPSA) is 82.5 Å². The fourth-order valence-corrected chi connectivity index (χ4v) is 3.44. The van der Waals surface area contributed by atoms with Crippen molar-refractivity contribution in [3.05, 3.63) is 57.5 Å². The molecule has 3 rings (SSSR count). The molecule has 0 unspecified atom stereocenters. The Kier molecular flexibility index (Phi) is 6.95. The van der Waals surface area contributed by atoms with Gasteiger partial charge in [0.05, 0.1) is 30.3 Å². The van der Waals surface area contributed by atoms with Gasteiger partial charge in [0.25, 0.3) is 11.5 Å². The average molecular weight is 430 g/mol. The van der Waals surface area contributed by atoms with Gasteiger partial charge >= 0.3 is 0 Å². The first-order valence-corrected chi connectivity index (χ1v) is 10.1. The van der Waals surface area contributed by atoms with Gasteiger partial charge in [0, 0.05) is 24.1 Å². The largest absolute Gasteiger partial charge is 0.495 e. The quantitative estimate of drug-likeness (QED) is 0.533. The number of benzene rings is 2. The molecule has 0 aliphatic rings. The number of nitrogens with zero attached hydrogens (tertiary/aromatic N) is 2. The van der Waals surface area contributed by atoms with Crippen LogP contribution in [0.15, 0.2) is 41.2 Å². The van der Waals surface area contributed by atoms with Crippen molar-refractivity contribution in [1.29, 1.82) is 0 Å². The molecular formula is C22H24ClN3O4. The van der Waals surface area contributed by atoms with Crippen LogP contribution >= 0.6 is 11.6 Å². The minimum atomic E-state index is -0.460. The van der Waals surface area contributed by atoms with Crippen LogP contribution in [-0.2, 0) is 6.54 Å². The second-order valence-electron chi connectivity index (χ2n) is 6.77. The van der Waals surface area contributed by atoms with Gasteiger partial charge in [-0.25, -0.2) is 4.68 Å². The maximum Gasteiger partial charge on any atom is 0.276 e. The Morgan fingerprint density at radius 2 is 1.80 bits per heavy atom. The summed E-state index contributed by atoms with van der Waals surface area (Å²) in [6.07, 6.45) is 2.81. The molecule has 158 valence electrons. The van der Waals surface area contributed by atoms with Crippen LogP contribution in [0.4, 0.5) is 5.69 Å². The van der Waals surface area contributed by atoms with E-state index in [0.29, 0.717) is 39.5 Å². The normalized spacial score (nSPS) is 10.8. The maximum absolute atomic E-state index is 13.2. The molecule has 0 bridgehead atoms. The standard InChI is InChI=1S/C22H24ClN3O4/c1-4-5-8-11-26-22(28)15-10-7-6-9-14(15)20(25-26)21(27)24-17-13-18(29-2)16(23)12-19(17)30-3/h6-7,9-10,12-13H,4-5,8,11H2,1-3H3,(H,24,27). The highest BCUT2D eigenvalue weighted by molar-refractivity contribution is 6.32. The van der Waals surface area contributed by atoms with Crippen LogP contribution in [0.5, 0.6) is 11.5 Å². The van der Waals surface area contributed by atoms with Crippen molar-refractivity contribution in [1.82, 2.24) is 9.78 Å². The summed E-state index contributed by atoms with van der Waals surface area (Å²) in [4.78, 5) is 26.0. The van der Waals surface area contributed by atoms with Crippen LogP contribution < -0.4 is 20.3 Å². The lowest BCUT2D eigenvalue weighted by atomic mass is 10.1. The van der Waals surface area contributed by atoms with Gasteiger partial charge in [-0.2, -0.15) is 5.10 Å². The number of methoxy groups -OCH3 is 2. The monoisotopic (exact) mass is 429 g/mol. The molecule has 0 aliphatic heterocycles. The number of nitrogens with one attached hydrogen (secondary N) is 1. The van der Waals surface area contributed by atoms with Gasteiger partial charge < -0.3 is 14.8 Å². The molecule has 0 fully saturated rings. The van der Waals surface area contributed by atoms with E-state index in [9.17, 15) is 9.59 Å². The number of anilines is 1. The zero-order valence-corrected chi connectivity index (χ0v) is 18.0. The molecule has 0 radical (unpaired) electrons. The van der Waals surface area contributed by atoms with Gasteiger partial charge in [0.2, 0.25) is 0 Å². The summed E-state index contributed by atoms with van der Waals surface area (Å²) < 4.78 is 11.9. The smallest absolute Gasteiger partial charge is 0.276 e. The number of rotatable bonds is 8. The number of halogens is 1. The lowest BCUT2D eigenvalue weighted by molar-refractivity contribution is 0.102. The minimum Gasteiger partial charge on any atom is -0.495 e. The van der Waals surface area contributed by atoms with Gasteiger partial charge in [-0.3, -0.25) is 9.59 Å². The Hall–Kier alpha value is -3.06. The van der Waals surface area contributed by atoms with Crippen molar-refractivity contribution < 1.29 is 14.3 Å². The molecule has 0 aliphatic carbocycles. The highest BCUT2D eigenvalue weighted by atomic mass is 35.5. The molecule has 2 aromatic carbocycles. The number of carbonyl (C=O) groups is 1. The van der Waals surface area contributed by atoms with Gasteiger partial charge in [-0.05, 0) is 12.5 Å². The number of carbonyl (C=O) groups excluding carboxylic acids is 1. The second kappa shape index (κ2) is 9.63. The molecule has 1 amide bonds. The summed E-state index contributed by atoms with van der Waals surface area (Å²) in [6, 6.07) is 10.1. The number of ether oxygens (including phenoxy) is 2. The molecule has 8 heteroatoms. The molecule has 1 aromatic heterocycles. The van der Waals surface area contributed by atoms with E-state index in [0.717, 1.165) is 19.3 Å². The van der Waals surface area contributed by atoms with Gasteiger partial charge in [0.15, 0.2) is 5.69 Å². The Balaban J connectivity index is 2.05. The minimum absolute atomic E-state index is 0.165. The van der Waals surface area contributed by atoms with Crippen molar-refractivity contribution in [2.45, 2.75) is 32.7 Å². The van der Waals surface area contributed by atoms with Crippen LogP contribution in [0.1, 0.15) is 36.7 Å². The van der Waals surface area contributed by atoms with E-state index in [4.69, 9.17) is 21.1 Å². The second-order valence-corrected chi connectivity index (χ2v) is 7.18. The summed E-state index contributed by atoms with van der Waals surface area (Å²) in [6.45, 7) is 2.54. The average Bonchev–Trinajstić information content (AvgIpc) is 2.76. The van der Waals surface area contributed by atoms with E-state index in [1.807, 2.05) is 0 Å². The van der Waals surface area contributed by atoms with Crippen LogP contribution in [-0.4, -0.2) is 29.9 Å². The molecule has 1 N–H and O–H groups in total. The molecule has 0 spiro atoms. The third kappa shape index (κ3) is 4.41. The number of hydrogen-bond donors (Lipinski definition) is 1. The maximum atomic E-state index is 13.2. The number of amides is 1. The first-order valence-electron chi connectivity index (χ1n) is 9.72. The number of fused-ring (bicyclic) bond motifs is 1. The van der Waals surface area contributed by atoms with Gasteiger partial charge in [0.1, 0.15) is 11.5 Å². The van der Waals surface area contributed by atoms with E-state index >= 15 is 0 Å². The zero-order valence-electron chi connectivity index (χ0n) is 17.2. The molecule has 0 atom stereocenters. The highest BCUT2D eigenvalue weighted by Crippen LogP contribution is 2.36. The third-order valence-corrected chi connectivity index (χ3v) is 5.07. The third-order valence-electron chi connectivity index (χ3n) is 4.78. The zero-order chi connectivity index (χ0) is 21.7. The molecule has 0 saturated heterocycles. The number of aromatic nitrogens is 2. The summed E-state index contributed by atoms with van der Waals surface area (Å²) in [5.41, 5.74) is 0.347. The fourth-order valence-electron chi connectivity index (χ4n) is 3.21. The fraction of sp³-hybridized carbons (Fsp3) is 0.318. The molecular weight excluding hydrogens is 406 g/mol. The van der Waals surface area contributed by atoms with E-state index in [-0.39, 0.29) is 11.3 Å². The summed E-state index contributed by atoms with van der Waals surface area (Å²) >= 11 is 6.14. The van der Waals surface area contributed by atoms with Gasteiger partial charge in [-0.15, -0.1) is 0 Å². The van der Waals surface area contributed by atoms with E-state index in [2.05, 4.69) is 17.3 Å². The van der Waals surface area contributed by atoms with Gasteiger partial charge in [-0.1, -0.05) is 49.6 Å². The van der Waals surface area contributed by atoms with Crippen LogP contribution in [0.3, 0.4) is 0 Å². The number of aryl methyl sites for hydroxylation is 1. The molecule has 3 aromatic rings. The summed E-state index contributed by atoms with van der Waals surface area (Å²) in [5, 5.41) is 8.49. The van der Waals surface area contributed by atoms with Crippen LogP contribution in [0, 0.1) is 0 Å². The Morgan fingerprint density at radius 3 is 2.47 bits per heavy atom. The molecule has 30 heavy (non-hydrogen) atoms. The van der Waals surface area contributed by atoms with Crippen molar-refractivity contribution in [3.8, 4) is 11.5 Å². The van der Waals surface area contributed by atoms with E-state index < -0.39 is 5.91 Å². The summed E-state index contributed by atoms with van der Waals surface area (Å²) in [7, 11) is 2.97. The molecule has 0 saturated carbocycles. The van der Waals surface area contributed by atoms with E-state index in [1.165, 1.54) is 18.9 Å². The van der Waals surface area contributed by atoms with Crippen molar-refractivity contribution in [3.63, 3.8) is 0 Å². The number of unbranched alkanes of at least 4 members (excludes halogenated alkanes) is 2. The lowest BCUT2D eigenvalue weighted by Crippen LogP contribution is -2.27. The predicted molar refractivity (Wildman–Crippen MR) is 118 cm³/mol. The molecule has 7 nitrogen and oxygen atoms in total. The Bertz CT molecular complexity index is 1130. The van der Waals surface area contributed by atoms with Crippen molar-refractivity contribution >= 4 is 34.0 Å². The Labute approximate surface area is 179 Å². The first kappa shape index (κ1) is 21.6. The number of hydrogen-bond acceptors (Lipinski definition) is 5. The van der Waals surface area contributed by atoms with Crippen LogP contribution in [0.2, 0.25) is 5.02 Å². The van der Waals surface area contributed by atoms with E-state index in [1.54, 1.807) is 36.4 Å². The first-order chi connectivity index (χ1) is 14.5. The van der Waals surface area contributed by atoms with Crippen molar-refractivity contribution in [2.75, 3.05) is 19.5 Å². The van der Waals surface area contributed by atoms with Crippen LogP contribution in [0.25, 0.3) is 10.8 Å². The summed E-state index contributed by atoms with van der Waals surface area (Å²) in [5.74, 6) is 0.322. The van der Waals surface area contributed by atoms with Crippen molar-refractivity contribution in [2.24, 2.45) is 0 Å².